The Kier molecular flexibility index (Phi) is 5.22. The lowest BCUT2D eigenvalue weighted by Gasteiger charge is -2.53. The van der Waals surface area contributed by atoms with Crippen LogP contribution in [0.1, 0.15) is 38.7 Å². The van der Waals surface area contributed by atoms with E-state index in [2.05, 4.69) is 18.8 Å². The van der Waals surface area contributed by atoms with Gasteiger partial charge in [-0.1, -0.05) is 25.4 Å². The van der Waals surface area contributed by atoms with Crippen molar-refractivity contribution in [3.8, 4) is 0 Å². The number of alkyl halides is 3. The van der Waals surface area contributed by atoms with Crippen molar-refractivity contribution >= 4 is 23.4 Å². The molecule has 0 bridgehead atoms. The maximum Gasteiger partial charge on any atom is 0.417 e. The van der Waals surface area contributed by atoms with Crippen molar-refractivity contribution in [2.45, 2.75) is 51.5 Å². The number of hydrogen-bond donors (Lipinski definition) is 0. The van der Waals surface area contributed by atoms with Crippen LogP contribution in [0.15, 0.2) is 12.3 Å². The van der Waals surface area contributed by atoms with Gasteiger partial charge in [0.2, 0.25) is 0 Å². The van der Waals surface area contributed by atoms with Crippen LogP contribution >= 0.6 is 11.6 Å². The molecule has 3 heterocycles. The molecule has 0 N–H and O–H groups in total. The van der Waals surface area contributed by atoms with Crippen molar-refractivity contribution < 1.29 is 27.4 Å². The van der Waals surface area contributed by atoms with Gasteiger partial charge in [0.25, 0.3) is 0 Å². The molecule has 160 valence electrons. The van der Waals surface area contributed by atoms with Crippen molar-refractivity contribution in [2.75, 3.05) is 24.6 Å². The molecule has 3 atom stereocenters. The predicted octanol–water partition coefficient (Wildman–Crippen LogP) is 4.33. The van der Waals surface area contributed by atoms with Gasteiger partial charge in [-0.2, -0.15) is 13.2 Å². The van der Waals surface area contributed by atoms with E-state index >= 15 is 0 Å². The summed E-state index contributed by atoms with van der Waals surface area (Å²) < 4.78 is 50.0. The molecule has 3 aliphatic rings. The van der Waals surface area contributed by atoms with E-state index in [1.54, 1.807) is 0 Å². The van der Waals surface area contributed by atoms with Gasteiger partial charge in [0.1, 0.15) is 11.9 Å². The summed E-state index contributed by atoms with van der Waals surface area (Å²) in [6.45, 7) is 5.82. The molecule has 0 amide bonds. The fraction of sp³-hybridized carbons (Fsp3) is 0.700. The van der Waals surface area contributed by atoms with E-state index in [1.165, 1.54) is 0 Å². The molecular weight excluding hydrogens is 409 g/mol. The first-order chi connectivity index (χ1) is 13.6. The number of ether oxygens (including phenoxy) is 2. The molecular formula is C20H24ClF3N2O3. The molecule has 0 aromatic carbocycles. The molecule has 2 saturated heterocycles. The first-order valence-corrected chi connectivity index (χ1v) is 10.3. The van der Waals surface area contributed by atoms with E-state index in [0.29, 0.717) is 38.4 Å². The summed E-state index contributed by atoms with van der Waals surface area (Å²) in [6, 6.07) is 0.892. The van der Waals surface area contributed by atoms with E-state index in [9.17, 15) is 18.0 Å². The number of halogens is 4. The maximum atomic E-state index is 12.8. The van der Waals surface area contributed by atoms with Gasteiger partial charge in [-0.15, -0.1) is 0 Å². The lowest BCUT2D eigenvalue weighted by atomic mass is 9.59. The monoisotopic (exact) mass is 432 g/mol. The van der Waals surface area contributed by atoms with Crippen LogP contribution in [0, 0.1) is 17.3 Å². The summed E-state index contributed by atoms with van der Waals surface area (Å²) >= 11 is 6.04. The van der Waals surface area contributed by atoms with Gasteiger partial charge in [0.05, 0.1) is 22.6 Å². The molecule has 1 aliphatic carbocycles. The highest BCUT2D eigenvalue weighted by Crippen LogP contribution is 2.54. The van der Waals surface area contributed by atoms with Gasteiger partial charge >= 0.3 is 12.1 Å². The quantitative estimate of drug-likeness (QED) is 0.665. The molecule has 0 radical (unpaired) electrons. The fourth-order valence-electron chi connectivity index (χ4n) is 4.88. The van der Waals surface area contributed by atoms with E-state index in [4.69, 9.17) is 21.1 Å². The first kappa shape index (κ1) is 20.7. The van der Waals surface area contributed by atoms with Gasteiger partial charge in [-0.05, 0) is 25.3 Å². The second-order valence-electron chi connectivity index (χ2n) is 8.71. The van der Waals surface area contributed by atoms with Gasteiger partial charge in [0, 0.05) is 37.2 Å². The van der Waals surface area contributed by atoms with E-state index in [1.807, 2.05) is 4.90 Å². The molecule has 4 rings (SSSR count). The molecule has 1 saturated carbocycles. The number of rotatable bonds is 3. The summed E-state index contributed by atoms with van der Waals surface area (Å²) in [4.78, 5) is 18.4. The van der Waals surface area contributed by atoms with Crippen LogP contribution < -0.4 is 4.90 Å². The van der Waals surface area contributed by atoms with Gasteiger partial charge in [-0.3, -0.25) is 4.79 Å². The van der Waals surface area contributed by atoms with Crippen LogP contribution in [0.4, 0.5) is 19.0 Å². The number of piperidine rings is 1. The lowest BCUT2D eigenvalue weighted by Crippen LogP contribution is -2.61. The molecule has 0 spiro atoms. The minimum absolute atomic E-state index is 0.0376. The van der Waals surface area contributed by atoms with Gasteiger partial charge < -0.3 is 14.4 Å². The summed E-state index contributed by atoms with van der Waals surface area (Å²) in [5.74, 6) is 0.179. The number of esters is 1. The Bertz CT molecular complexity index is 794. The zero-order chi connectivity index (χ0) is 21.0. The van der Waals surface area contributed by atoms with Gasteiger partial charge in [0.15, 0.2) is 0 Å². The van der Waals surface area contributed by atoms with Crippen LogP contribution in [-0.2, 0) is 20.4 Å². The molecule has 5 nitrogen and oxygen atoms in total. The van der Waals surface area contributed by atoms with Crippen LogP contribution in [0.3, 0.4) is 0 Å². The highest BCUT2D eigenvalue weighted by molar-refractivity contribution is 6.33. The largest absolute Gasteiger partial charge is 0.461 e. The number of carbonyl (C=O) groups excluding carboxylic acids is 1. The maximum absolute atomic E-state index is 12.8. The Balaban J connectivity index is 1.34. The Morgan fingerprint density at radius 2 is 2.00 bits per heavy atom. The molecule has 3 fully saturated rings. The Hall–Kier alpha value is -1.54. The molecule has 2 aliphatic heterocycles. The Morgan fingerprint density at radius 1 is 1.31 bits per heavy atom. The minimum Gasteiger partial charge on any atom is -0.461 e. The summed E-state index contributed by atoms with van der Waals surface area (Å²) in [7, 11) is 0. The zero-order valence-electron chi connectivity index (χ0n) is 16.3. The van der Waals surface area contributed by atoms with Gasteiger partial charge in [-0.25, -0.2) is 4.98 Å². The number of aromatic nitrogens is 1. The van der Waals surface area contributed by atoms with E-state index < -0.39 is 11.7 Å². The highest BCUT2D eigenvalue weighted by Gasteiger charge is 2.61. The van der Waals surface area contributed by atoms with Crippen LogP contribution in [0.25, 0.3) is 0 Å². The van der Waals surface area contributed by atoms with Crippen molar-refractivity contribution in [3.63, 3.8) is 0 Å². The second-order valence-corrected chi connectivity index (χ2v) is 9.12. The summed E-state index contributed by atoms with van der Waals surface area (Å²) in [6.07, 6.45) is -1.62. The predicted molar refractivity (Wildman–Crippen MR) is 101 cm³/mol. The van der Waals surface area contributed by atoms with Crippen molar-refractivity contribution in [2.24, 2.45) is 17.3 Å². The standard InChI is InChI=1S/C20H24ClF3N2O3/c1-19(2)15-13(5-8-28-15)16(19)29-18(27)11-3-6-26(7-4-11)17-14(21)9-12(10-25-17)20(22,23)24/h9-11,13,15-16H,3-8H2,1-2H3/t13-,15+,16-/m0/s1. The number of nitrogens with zero attached hydrogens (tertiary/aromatic N) is 2. The van der Waals surface area contributed by atoms with Crippen molar-refractivity contribution in [1.82, 2.24) is 4.98 Å². The van der Waals surface area contributed by atoms with Crippen LogP contribution in [-0.4, -0.2) is 42.9 Å². The summed E-state index contributed by atoms with van der Waals surface area (Å²) in [5, 5.41) is -0.0376. The fourth-order valence-corrected chi connectivity index (χ4v) is 5.17. The Morgan fingerprint density at radius 3 is 2.62 bits per heavy atom. The van der Waals surface area contributed by atoms with E-state index in [0.717, 1.165) is 18.7 Å². The number of carbonyl (C=O) groups is 1. The normalized spacial score (nSPS) is 29.3. The molecule has 1 aromatic heterocycles. The van der Waals surface area contributed by atoms with Crippen LogP contribution in [0.2, 0.25) is 5.02 Å². The summed E-state index contributed by atoms with van der Waals surface area (Å²) in [5.41, 5.74) is -1.04. The van der Waals surface area contributed by atoms with E-state index in [-0.39, 0.29) is 40.5 Å². The minimum atomic E-state index is -4.48. The van der Waals surface area contributed by atoms with Crippen LogP contribution in [0.5, 0.6) is 0 Å². The molecule has 29 heavy (non-hydrogen) atoms. The number of pyridine rings is 1. The lowest BCUT2D eigenvalue weighted by molar-refractivity contribution is -0.213. The second kappa shape index (κ2) is 7.30. The number of anilines is 1. The third-order valence-electron chi connectivity index (χ3n) is 6.51. The topological polar surface area (TPSA) is 51.7 Å². The average Bonchev–Trinajstić information content (AvgIpc) is 3.12. The third-order valence-corrected chi connectivity index (χ3v) is 6.79. The Labute approximate surface area is 172 Å². The highest BCUT2D eigenvalue weighted by atomic mass is 35.5. The van der Waals surface area contributed by atoms with Crippen molar-refractivity contribution in [3.05, 3.63) is 22.8 Å². The first-order valence-electron chi connectivity index (χ1n) is 9.89. The average molecular weight is 433 g/mol. The number of hydrogen-bond acceptors (Lipinski definition) is 5. The smallest absolute Gasteiger partial charge is 0.417 e. The SMILES string of the molecule is CC1(C)[C@@H]2OCC[C@@H]2[C@@H]1OC(=O)C1CCN(c2ncc(C(F)(F)F)cc2Cl)CC1. The van der Waals surface area contributed by atoms with Crippen molar-refractivity contribution in [1.29, 1.82) is 0 Å². The molecule has 1 aromatic rings. The number of fused-ring (bicyclic) bond motifs is 1. The zero-order valence-corrected chi connectivity index (χ0v) is 17.1. The molecule has 0 unspecified atom stereocenters. The molecule has 9 heteroatoms. The third kappa shape index (κ3) is 3.69.